The van der Waals surface area contributed by atoms with Gasteiger partial charge in [-0.3, -0.25) is 0 Å². The smallest absolute Gasteiger partial charge is 0.144 e. The molecule has 0 fully saturated rings. The third-order valence-electron chi connectivity index (χ3n) is 2.20. The molecule has 0 bridgehead atoms. The maximum Gasteiger partial charge on any atom is 0.144 e. The molecule has 0 aliphatic heterocycles. The van der Waals surface area contributed by atoms with E-state index in [2.05, 4.69) is 6.07 Å². The summed E-state index contributed by atoms with van der Waals surface area (Å²) in [6.45, 7) is 0. The number of methoxy groups -OCH3 is 1. The highest BCUT2D eigenvalue weighted by Crippen LogP contribution is 2.25. The van der Waals surface area contributed by atoms with Crippen LogP contribution in [0.5, 0.6) is 5.75 Å². The molecule has 2 rings (SSSR count). The molecule has 15 heavy (non-hydrogen) atoms. The number of hydrogen-bond donors (Lipinski definition) is 0. The highest BCUT2D eigenvalue weighted by atomic mass is 16.5. The maximum atomic E-state index is 9.02. The van der Waals surface area contributed by atoms with Crippen molar-refractivity contribution in [1.82, 2.24) is 4.57 Å². The molecule has 0 unspecified atom stereocenters. The summed E-state index contributed by atoms with van der Waals surface area (Å²) in [6, 6.07) is 11.4. The molecule has 1 aromatic heterocycles. The Morgan fingerprint density at radius 2 is 1.93 bits per heavy atom. The SMILES string of the molecule is COc1cccc(C#N)c1-n1cccc1. The van der Waals surface area contributed by atoms with Crippen LogP contribution in [0.2, 0.25) is 0 Å². The molecule has 1 aromatic carbocycles. The fourth-order valence-corrected chi connectivity index (χ4v) is 1.53. The van der Waals surface area contributed by atoms with Crippen LogP contribution in [0.4, 0.5) is 0 Å². The zero-order valence-corrected chi connectivity index (χ0v) is 8.34. The van der Waals surface area contributed by atoms with Gasteiger partial charge in [-0.25, -0.2) is 0 Å². The van der Waals surface area contributed by atoms with Crippen molar-refractivity contribution in [3.63, 3.8) is 0 Å². The molecule has 0 N–H and O–H groups in total. The molecule has 0 amide bonds. The molecule has 0 aliphatic carbocycles. The van der Waals surface area contributed by atoms with E-state index < -0.39 is 0 Å². The van der Waals surface area contributed by atoms with Gasteiger partial charge in [-0.05, 0) is 24.3 Å². The Hall–Kier alpha value is -2.21. The standard InChI is InChI=1S/C12H10N2O/c1-15-11-6-4-5-10(9-13)12(11)14-7-2-3-8-14/h2-8H,1H3. The molecule has 74 valence electrons. The van der Waals surface area contributed by atoms with Crippen LogP contribution in [0.25, 0.3) is 5.69 Å². The Bertz CT molecular complexity index is 495. The summed E-state index contributed by atoms with van der Waals surface area (Å²) in [5.74, 6) is 0.699. The lowest BCUT2D eigenvalue weighted by Gasteiger charge is -2.10. The van der Waals surface area contributed by atoms with E-state index in [0.717, 1.165) is 5.69 Å². The van der Waals surface area contributed by atoms with E-state index in [9.17, 15) is 0 Å². The predicted molar refractivity (Wildman–Crippen MR) is 57.0 cm³/mol. The van der Waals surface area contributed by atoms with Crippen LogP contribution in [-0.2, 0) is 0 Å². The number of para-hydroxylation sites is 1. The minimum Gasteiger partial charge on any atom is -0.495 e. The van der Waals surface area contributed by atoms with Gasteiger partial charge in [0.1, 0.15) is 17.5 Å². The monoisotopic (exact) mass is 198 g/mol. The molecule has 0 atom stereocenters. The molecule has 2 aromatic rings. The van der Waals surface area contributed by atoms with Crippen molar-refractivity contribution in [1.29, 1.82) is 5.26 Å². The van der Waals surface area contributed by atoms with Crippen molar-refractivity contribution in [3.05, 3.63) is 48.3 Å². The van der Waals surface area contributed by atoms with E-state index in [-0.39, 0.29) is 0 Å². The first-order valence-electron chi connectivity index (χ1n) is 4.57. The molecule has 0 spiro atoms. The van der Waals surface area contributed by atoms with Gasteiger partial charge in [0.25, 0.3) is 0 Å². The summed E-state index contributed by atoms with van der Waals surface area (Å²) in [4.78, 5) is 0. The first-order valence-corrected chi connectivity index (χ1v) is 4.57. The molecule has 3 heteroatoms. The highest BCUT2D eigenvalue weighted by Gasteiger charge is 2.09. The van der Waals surface area contributed by atoms with Crippen LogP contribution >= 0.6 is 0 Å². The van der Waals surface area contributed by atoms with Crippen LogP contribution in [0.3, 0.4) is 0 Å². The summed E-state index contributed by atoms with van der Waals surface area (Å²) >= 11 is 0. The second kappa shape index (κ2) is 3.89. The van der Waals surface area contributed by atoms with Gasteiger partial charge in [-0.2, -0.15) is 5.26 Å². The molecule has 0 saturated heterocycles. The summed E-state index contributed by atoms with van der Waals surface area (Å²) < 4.78 is 7.11. The van der Waals surface area contributed by atoms with Crippen molar-refractivity contribution in [2.45, 2.75) is 0 Å². The van der Waals surface area contributed by atoms with Crippen molar-refractivity contribution in [2.75, 3.05) is 7.11 Å². The van der Waals surface area contributed by atoms with Crippen LogP contribution in [-0.4, -0.2) is 11.7 Å². The first-order chi connectivity index (χ1) is 7.36. The lowest BCUT2D eigenvalue weighted by Crippen LogP contribution is -1.98. The van der Waals surface area contributed by atoms with E-state index in [1.165, 1.54) is 0 Å². The Balaban J connectivity index is 2.67. The Labute approximate surface area is 88.1 Å². The van der Waals surface area contributed by atoms with Gasteiger partial charge in [-0.15, -0.1) is 0 Å². The zero-order chi connectivity index (χ0) is 10.7. The normalized spacial score (nSPS) is 9.60. The Morgan fingerprint density at radius 1 is 1.20 bits per heavy atom. The summed E-state index contributed by atoms with van der Waals surface area (Å²) in [5.41, 5.74) is 1.39. The molecule has 1 heterocycles. The van der Waals surface area contributed by atoms with Crippen molar-refractivity contribution >= 4 is 0 Å². The predicted octanol–water partition coefficient (Wildman–Crippen LogP) is 2.36. The maximum absolute atomic E-state index is 9.02. The van der Waals surface area contributed by atoms with Crippen LogP contribution in [0.1, 0.15) is 5.56 Å². The van der Waals surface area contributed by atoms with Gasteiger partial charge in [-0.1, -0.05) is 6.07 Å². The molecule has 0 radical (unpaired) electrons. The lowest BCUT2D eigenvalue weighted by atomic mass is 10.2. The van der Waals surface area contributed by atoms with Crippen molar-refractivity contribution in [2.24, 2.45) is 0 Å². The molecule has 0 saturated carbocycles. The van der Waals surface area contributed by atoms with Crippen LogP contribution in [0, 0.1) is 11.3 Å². The Morgan fingerprint density at radius 3 is 2.53 bits per heavy atom. The van der Waals surface area contributed by atoms with Gasteiger partial charge < -0.3 is 9.30 Å². The number of nitrogens with zero attached hydrogens (tertiary/aromatic N) is 2. The lowest BCUT2D eigenvalue weighted by molar-refractivity contribution is 0.413. The van der Waals surface area contributed by atoms with Gasteiger partial charge in [0.2, 0.25) is 0 Å². The fraction of sp³-hybridized carbons (Fsp3) is 0.0833. The number of benzene rings is 1. The topological polar surface area (TPSA) is 37.9 Å². The molecular weight excluding hydrogens is 188 g/mol. The van der Waals surface area contributed by atoms with E-state index in [1.54, 1.807) is 13.2 Å². The molecular formula is C12H10N2O. The number of hydrogen-bond acceptors (Lipinski definition) is 2. The minimum atomic E-state index is 0.602. The van der Waals surface area contributed by atoms with Crippen molar-refractivity contribution in [3.8, 4) is 17.5 Å². The number of aromatic nitrogens is 1. The third-order valence-corrected chi connectivity index (χ3v) is 2.20. The van der Waals surface area contributed by atoms with Crippen LogP contribution in [0.15, 0.2) is 42.7 Å². The average molecular weight is 198 g/mol. The second-order valence-electron chi connectivity index (χ2n) is 3.06. The number of rotatable bonds is 2. The fourth-order valence-electron chi connectivity index (χ4n) is 1.53. The number of nitriles is 1. The Kier molecular flexibility index (Phi) is 2.42. The van der Waals surface area contributed by atoms with E-state index in [0.29, 0.717) is 11.3 Å². The van der Waals surface area contributed by atoms with Gasteiger partial charge >= 0.3 is 0 Å². The van der Waals surface area contributed by atoms with Gasteiger partial charge in [0, 0.05) is 12.4 Å². The molecule has 3 nitrogen and oxygen atoms in total. The van der Waals surface area contributed by atoms with Gasteiger partial charge in [0.15, 0.2) is 0 Å². The highest BCUT2D eigenvalue weighted by molar-refractivity contribution is 5.58. The summed E-state index contributed by atoms with van der Waals surface area (Å²) in [6.07, 6.45) is 3.78. The largest absolute Gasteiger partial charge is 0.495 e. The van der Waals surface area contributed by atoms with Crippen LogP contribution < -0.4 is 4.74 Å². The zero-order valence-electron chi connectivity index (χ0n) is 8.34. The van der Waals surface area contributed by atoms with E-state index in [4.69, 9.17) is 10.00 Å². The summed E-state index contributed by atoms with van der Waals surface area (Å²) in [7, 11) is 1.60. The molecule has 0 aliphatic rings. The average Bonchev–Trinajstić information content (AvgIpc) is 2.81. The minimum absolute atomic E-state index is 0.602. The summed E-state index contributed by atoms with van der Waals surface area (Å²) in [5, 5.41) is 9.02. The van der Waals surface area contributed by atoms with Gasteiger partial charge in [0.05, 0.1) is 12.7 Å². The second-order valence-corrected chi connectivity index (χ2v) is 3.06. The quantitative estimate of drug-likeness (QED) is 0.742. The van der Waals surface area contributed by atoms with Crippen molar-refractivity contribution < 1.29 is 4.74 Å². The first kappa shape index (κ1) is 9.35. The van der Waals surface area contributed by atoms with E-state index >= 15 is 0 Å². The third kappa shape index (κ3) is 1.57. The number of ether oxygens (including phenoxy) is 1. The van der Waals surface area contributed by atoms with E-state index in [1.807, 2.05) is 41.2 Å².